The minimum absolute atomic E-state index is 0.00134. The SMILES string of the molecule is O=C(Nc1ccccc1)C1CCN(C(=O)CSc2ccc([N+](=O)[O-])cc2)CC1. The van der Waals surface area contributed by atoms with Gasteiger partial charge in [0.1, 0.15) is 0 Å². The molecule has 28 heavy (non-hydrogen) atoms. The van der Waals surface area contributed by atoms with Crippen LogP contribution in [0.5, 0.6) is 0 Å². The van der Waals surface area contributed by atoms with Crippen molar-refractivity contribution in [3.63, 3.8) is 0 Å². The van der Waals surface area contributed by atoms with Gasteiger partial charge in [0, 0.05) is 41.7 Å². The Morgan fingerprint density at radius 1 is 1.07 bits per heavy atom. The third-order valence-electron chi connectivity index (χ3n) is 4.67. The summed E-state index contributed by atoms with van der Waals surface area (Å²) < 4.78 is 0. The van der Waals surface area contributed by atoms with Crippen molar-refractivity contribution in [2.45, 2.75) is 17.7 Å². The van der Waals surface area contributed by atoms with E-state index in [0.717, 1.165) is 10.6 Å². The van der Waals surface area contributed by atoms with E-state index in [1.165, 1.54) is 23.9 Å². The molecule has 2 aromatic rings. The van der Waals surface area contributed by atoms with E-state index in [-0.39, 0.29) is 29.2 Å². The third-order valence-corrected chi connectivity index (χ3v) is 5.67. The predicted octanol–water partition coefficient (Wildman–Crippen LogP) is 3.56. The maximum absolute atomic E-state index is 12.4. The quantitative estimate of drug-likeness (QED) is 0.455. The molecule has 146 valence electrons. The highest BCUT2D eigenvalue weighted by Gasteiger charge is 2.27. The summed E-state index contributed by atoms with van der Waals surface area (Å²) in [6.45, 7) is 1.12. The molecule has 1 fully saturated rings. The number of nitrogens with zero attached hydrogens (tertiary/aromatic N) is 2. The summed E-state index contributed by atoms with van der Waals surface area (Å²) in [5.41, 5.74) is 0.817. The molecule has 0 saturated carbocycles. The van der Waals surface area contributed by atoms with Crippen molar-refractivity contribution in [1.29, 1.82) is 0 Å². The van der Waals surface area contributed by atoms with Crippen molar-refractivity contribution in [2.24, 2.45) is 5.92 Å². The smallest absolute Gasteiger partial charge is 0.269 e. The van der Waals surface area contributed by atoms with Gasteiger partial charge in [-0.1, -0.05) is 18.2 Å². The van der Waals surface area contributed by atoms with Crippen LogP contribution in [0.1, 0.15) is 12.8 Å². The number of hydrogen-bond donors (Lipinski definition) is 1. The normalized spacial score (nSPS) is 14.5. The molecule has 7 nitrogen and oxygen atoms in total. The maximum Gasteiger partial charge on any atom is 0.269 e. The van der Waals surface area contributed by atoms with Gasteiger partial charge >= 0.3 is 0 Å². The molecular weight excluding hydrogens is 378 g/mol. The lowest BCUT2D eigenvalue weighted by atomic mass is 9.96. The molecule has 3 rings (SSSR count). The molecule has 0 radical (unpaired) electrons. The summed E-state index contributed by atoms with van der Waals surface area (Å²) in [5, 5.41) is 13.6. The Bertz CT molecular complexity index is 834. The molecule has 0 unspecified atom stereocenters. The van der Waals surface area contributed by atoms with Crippen LogP contribution in [0.3, 0.4) is 0 Å². The first-order chi connectivity index (χ1) is 13.5. The number of anilines is 1. The first-order valence-corrected chi connectivity index (χ1v) is 10.0. The lowest BCUT2D eigenvalue weighted by Gasteiger charge is -2.31. The summed E-state index contributed by atoms with van der Waals surface area (Å²) in [7, 11) is 0. The Kier molecular flexibility index (Phi) is 6.65. The Labute approximate surface area is 167 Å². The molecule has 1 N–H and O–H groups in total. The van der Waals surface area contributed by atoms with Crippen molar-refractivity contribution in [3.05, 3.63) is 64.7 Å². The van der Waals surface area contributed by atoms with Crippen molar-refractivity contribution in [2.75, 3.05) is 24.2 Å². The Balaban J connectivity index is 1.43. The van der Waals surface area contributed by atoms with Crippen LogP contribution in [0.15, 0.2) is 59.5 Å². The number of rotatable bonds is 6. The second-order valence-electron chi connectivity index (χ2n) is 6.55. The van der Waals surface area contributed by atoms with Crippen LogP contribution in [0.4, 0.5) is 11.4 Å². The molecule has 0 spiro atoms. The number of non-ortho nitro benzene ring substituents is 1. The molecule has 1 aliphatic rings. The number of nitro groups is 1. The highest BCUT2D eigenvalue weighted by Crippen LogP contribution is 2.24. The van der Waals surface area contributed by atoms with E-state index in [4.69, 9.17) is 0 Å². The van der Waals surface area contributed by atoms with Crippen LogP contribution in [-0.4, -0.2) is 40.5 Å². The predicted molar refractivity (Wildman–Crippen MR) is 108 cm³/mol. The van der Waals surface area contributed by atoms with Crippen LogP contribution in [0, 0.1) is 16.0 Å². The highest BCUT2D eigenvalue weighted by atomic mass is 32.2. The molecule has 0 bridgehead atoms. The van der Waals surface area contributed by atoms with Crippen molar-refractivity contribution >= 4 is 35.0 Å². The molecule has 0 aromatic heterocycles. The van der Waals surface area contributed by atoms with E-state index in [9.17, 15) is 19.7 Å². The number of likely N-dealkylation sites (tertiary alicyclic amines) is 1. The molecule has 0 atom stereocenters. The van der Waals surface area contributed by atoms with Gasteiger partial charge in [-0.05, 0) is 37.1 Å². The number of carbonyl (C=O) groups is 2. The average Bonchev–Trinajstić information content (AvgIpc) is 2.73. The number of thioether (sulfide) groups is 1. The van der Waals surface area contributed by atoms with Gasteiger partial charge in [0.15, 0.2) is 0 Å². The number of benzene rings is 2. The van der Waals surface area contributed by atoms with Crippen LogP contribution >= 0.6 is 11.8 Å². The van der Waals surface area contributed by atoms with Gasteiger partial charge in [0.25, 0.3) is 5.69 Å². The molecule has 1 heterocycles. The second kappa shape index (κ2) is 9.36. The van der Waals surface area contributed by atoms with Crippen LogP contribution in [0.2, 0.25) is 0 Å². The van der Waals surface area contributed by atoms with Crippen molar-refractivity contribution < 1.29 is 14.5 Å². The molecule has 8 heteroatoms. The largest absolute Gasteiger partial charge is 0.342 e. The number of hydrogen-bond acceptors (Lipinski definition) is 5. The fraction of sp³-hybridized carbons (Fsp3) is 0.300. The monoisotopic (exact) mass is 399 g/mol. The summed E-state index contributed by atoms with van der Waals surface area (Å²) in [4.78, 5) is 37.6. The molecular formula is C20H21N3O4S. The average molecular weight is 399 g/mol. The number of carbonyl (C=O) groups excluding carboxylic acids is 2. The number of nitrogens with one attached hydrogen (secondary N) is 1. The summed E-state index contributed by atoms with van der Waals surface area (Å²) in [5.74, 6) is 0.203. The van der Waals surface area contributed by atoms with Crippen molar-refractivity contribution in [3.8, 4) is 0 Å². The topological polar surface area (TPSA) is 92.6 Å². The first kappa shape index (κ1) is 19.9. The van der Waals surface area contributed by atoms with Gasteiger partial charge in [0.05, 0.1) is 10.7 Å². The van der Waals surface area contributed by atoms with E-state index in [0.29, 0.717) is 25.9 Å². The van der Waals surface area contributed by atoms with E-state index in [2.05, 4.69) is 5.32 Å². The van der Waals surface area contributed by atoms with Gasteiger partial charge in [-0.3, -0.25) is 19.7 Å². The zero-order valence-electron chi connectivity index (χ0n) is 15.2. The van der Waals surface area contributed by atoms with E-state index in [1.807, 2.05) is 30.3 Å². The summed E-state index contributed by atoms with van der Waals surface area (Å²) >= 11 is 1.36. The van der Waals surface area contributed by atoms with Crippen LogP contribution < -0.4 is 5.32 Å². The van der Waals surface area contributed by atoms with Gasteiger partial charge < -0.3 is 10.2 Å². The number of nitro benzene ring substituents is 1. The van der Waals surface area contributed by atoms with Gasteiger partial charge in [0.2, 0.25) is 11.8 Å². The summed E-state index contributed by atoms with van der Waals surface area (Å²) in [6, 6.07) is 15.5. The van der Waals surface area contributed by atoms with E-state index < -0.39 is 4.92 Å². The van der Waals surface area contributed by atoms with Crippen molar-refractivity contribution in [1.82, 2.24) is 4.90 Å². The first-order valence-electron chi connectivity index (χ1n) is 9.04. The standard InChI is InChI=1S/C20H21N3O4S/c24-19(14-28-18-8-6-17(7-9-18)23(26)27)22-12-10-15(11-13-22)20(25)21-16-4-2-1-3-5-16/h1-9,15H,10-14H2,(H,21,25). The zero-order valence-corrected chi connectivity index (χ0v) is 16.1. The number of amides is 2. The molecule has 2 aromatic carbocycles. The van der Waals surface area contributed by atoms with Gasteiger partial charge in [-0.15, -0.1) is 11.8 Å². The molecule has 2 amide bonds. The Morgan fingerprint density at radius 3 is 2.32 bits per heavy atom. The van der Waals surface area contributed by atoms with E-state index >= 15 is 0 Å². The van der Waals surface area contributed by atoms with Gasteiger partial charge in [-0.25, -0.2) is 0 Å². The number of para-hydroxylation sites is 1. The second-order valence-corrected chi connectivity index (χ2v) is 7.60. The van der Waals surface area contributed by atoms with Crippen LogP contribution in [0.25, 0.3) is 0 Å². The molecule has 1 aliphatic heterocycles. The van der Waals surface area contributed by atoms with Gasteiger partial charge in [-0.2, -0.15) is 0 Å². The minimum Gasteiger partial charge on any atom is -0.342 e. The lowest BCUT2D eigenvalue weighted by Crippen LogP contribution is -2.42. The third kappa shape index (κ3) is 5.32. The lowest BCUT2D eigenvalue weighted by molar-refractivity contribution is -0.384. The highest BCUT2D eigenvalue weighted by molar-refractivity contribution is 8.00. The van der Waals surface area contributed by atoms with E-state index in [1.54, 1.807) is 17.0 Å². The minimum atomic E-state index is -0.447. The Hall–Kier alpha value is -2.87. The fourth-order valence-electron chi connectivity index (χ4n) is 3.06. The fourth-order valence-corrected chi connectivity index (χ4v) is 3.86. The maximum atomic E-state index is 12.4. The molecule has 0 aliphatic carbocycles. The van der Waals surface area contributed by atoms with Crippen LogP contribution in [-0.2, 0) is 9.59 Å². The summed E-state index contributed by atoms with van der Waals surface area (Å²) in [6.07, 6.45) is 1.29. The molecule has 1 saturated heterocycles. The zero-order chi connectivity index (χ0) is 19.9. The number of piperidine rings is 1. The Morgan fingerprint density at radius 2 is 1.71 bits per heavy atom.